The summed E-state index contributed by atoms with van der Waals surface area (Å²) in [6.45, 7) is 5.56. The normalized spacial score (nSPS) is 9.53. The van der Waals surface area contributed by atoms with Gasteiger partial charge in [-0.25, -0.2) is 0 Å². The lowest BCUT2D eigenvalue weighted by molar-refractivity contribution is 0.101. The van der Waals surface area contributed by atoms with E-state index >= 15 is 0 Å². The van der Waals surface area contributed by atoms with E-state index in [2.05, 4.69) is 0 Å². The number of rotatable bonds is 3. The van der Waals surface area contributed by atoms with Crippen molar-refractivity contribution in [3.8, 4) is 11.5 Å². The molecule has 3 nitrogen and oxygen atoms in total. The van der Waals surface area contributed by atoms with Gasteiger partial charge in [0.05, 0.1) is 14.2 Å². The Labute approximate surface area is 114 Å². The molecule has 0 fully saturated rings. The number of methoxy groups -OCH3 is 2. The molecule has 0 radical (unpaired) electrons. The summed E-state index contributed by atoms with van der Waals surface area (Å²) in [5.41, 5.74) is 0.699. The van der Waals surface area contributed by atoms with E-state index in [1.807, 2.05) is 44.2 Å². The number of ether oxygens (including phenoxy) is 2. The molecule has 19 heavy (non-hydrogen) atoms. The Bertz CT molecular complexity index is 573. The van der Waals surface area contributed by atoms with Crippen molar-refractivity contribution >= 4 is 16.6 Å². The summed E-state index contributed by atoms with van der Waals surface area (Å²) >= 11 is 0. The SMILES string of the molecule is CC.COc1cc2ccc(C(C)=O)cc2cc1OC. The van der Waals surface area contributed by atoms with Crippen molar-refractivity contribution in [2.45, 2.75) is 20.8 Å². The van der Waals surface area contributed by atoms with E-state index in [0.717, 1.165) is 10.8 Å². The zero-order chi connectivity index (χ0) is 14.4. The minimum absolute atomic E-state index is 0.0571. The fraction of sp³-hybridized carbons (Fsp3) is 0.312. The van der Waals surface area contributed by atoms with Crippen LogP contribution in [0.5, 0.6) is 11.5 Å². The van der Waals surface area contributed by atoms with Gasteiger partial charge in [-0.2, -0.15) is 0 Å². The zero-order valence-electron chi connectivity index (χ0n) is 12.1. The smallest absolute Gasteiger partial charge is 0.161 e. The Morgan fingerprint density at radius 3 is 1.89 bits per heavy atom. The van der Waals surface area contributed by atoms with Crippen molar-refractivity contribution in [1.82, 2.24) is 0 Å². The third-order valence-corrected chi connectivity index (χ3v) is 2.75. The molecule has 0 atom stereocenters. The highest BCUT2D eigenvalue weighted by molar-refractivity contribution is 5.99. The Hall–Kier alpha value is -2.03. The van der Waals surface area contributed by atoms with Crippen molar-refractivity contribution in [2.75, 3.05) is 14.2 Å². The van der Waals surface area contributed by atoms with Crippen LogP contribution in [0.15, 0.2) is 30.3 Å². The van der Waals surface area contributed by atoms with Gasteiger partial charge in [0.1, 0.15) is 0 Å². The van der Waals surface area contributed by atoms with Gasteiger partial charge in [-0.3, -0.25) is 4.79 Å². The molecule has 0 bridgehead atoms. The first-order valence-corrected chi connectivity index (χ1v) is 6.32. The summed E-state index contributed by atoms with van der Waals surface area (Å²) in [6.07, 6.45) is 0. The van der Waals surface area contributed by atoms with Gasteiger partial charge in [-0.1, -0.05) is 26.0 Å². The van der Waals surface area contributed by atoms with E-state index in [0.29, 0.717) is 17.1 Å². The molecule has 0 aromatic heterocycles. The van der Waals surface area contributed by atoms with Crippen LogP contribution in [0.2, 0.25) is 0 Å². The number of benzene rings is 2. The summed E-state index contributed by atoms with van der Waals surface area (Å²) < 4.78 is 10.5. The lowest BCUT2D eigenvalue weighted by atomic mass is 10.0. The van der Waals surface area contributed by atoms with Crippen LogP contribution in [-0.4, -0.2) is 20.0 Å². The molecule has 0 N–H and O–H groups in total. The second-order valence-corrected chi connectivity index (χ2v) is 3.83. The van der Waals surface area contributed by atoms with Gasteiger partial charge in [0.25, 0.3) is 0 Å². The highest BCUT2D eigenvalue weighted by Crippen LogP contribution is 2.32. The average molecular weight is 260 g/mol. The van der Waals surface area contributed by atoms with E-state index in [9.17, 15) is 4.79 Å². The summed E-state index contributed by atoms with van der Waals surface area (Å²) in [4.78, 5) is 11.3. The van der Waals surface area contributed by atoms with Crippen LogP contribution in [0.3, 0.4) is 0 Å². The Morgan fingerprint density at radius 1 is 0.895 bits per heavy atom. The predicted molar refractivity (Wildman–Crippen MR) is 78.4 cm³/mol. The molecule has 0 aliphatic heterocycles. The van der Waals surface area contributed by atoms with Crippen LogP contribution in [0.4, 0.5) is 0 Å². The van der Waals surface area contributed by atoms with E-state index in [-0.39, 0.29) is 5.78 Å². The van der Waals surface area contributed by atoms with Crippen molar-refractivity contribution in [1.29, 1.82) is 0 Å². The molecule has 3 heteroatoms. The first-order valence-electron chi connectivity index (χ1n) is 6.32. The van der Waals surface area contributed by atoms with Crippen LogP contribution in [-0.2, 0) is 0 Å². The van der Waals surface area contributed by atoms with Crippen molar-refractivity contribution in [3.63, 3.8) is 0 Å². The molecular weight excluding hydrogens is 240 g/mol. The molecule has 0 amide bonds. The van der Waals surface area contributed by atoms with E-state index < -0.39 is 0 Å². The predicted octanol–water partition coefficient (Wildman–Crippen LogP) is 4.09. The van der Waals surface area contributed by atoms with Crippen molar-refractivity contribution in [3.05, 3.63) is 35.9 Å². The van der Waals surface area contributed by atoms with E-state index in [1.165, 1.54) is 0 Å². The minimum Gasteiger partial charge on any atom is -0.493 e. The van der Waals surface area contributed by atoms with Crippen LogP contribution in [0, 0.1) is 0 Å². The van der Waals surface area contributed by atoms with Gasteiger partial charge in [0.2, 0.25) is 0 Å². The van der Waals surface area contributed by atoms with Crippen LogP contribution >= 0.6 is 0 Å². The van der Waals surface area contributed by atoms with Gasteiger partial charge in [-0.05, 0) is 35.9 Å². The summed E-state index contributed by atoms with van der Waals surface area (Å²) in [5.74, 6) is 1.41. The third kappa shape index (κ3) is 3.25. The molecule has 0 aliphatic carbocycles. The fourth-order valence-electron chi connectivity index (χ4n) is 1.79. The quantitative estimate of drug-likeness (QED) is 0.780. The molecule has 102 valence electrons. The zero-order valence-corrected chi connectivity index (χ0v) is 12.1. The van der Waals surface area contributed by atoms with Crippen molar-refractivity contribution in [2.24, 2.45) is 0 Å². The molecule has 2 aromatic carbocycles. The highest BCUT2D eigenvalue weighted by Gasteiger charge is 2.07. The first kappa shape index (κ1) is 15.0. The van der Waals surface area contributed by atoms with Crippen LogP contribution in [0.25, 0.3) is 10.8 Å². The van der Waals surface area contributed by atoms with E-state index in [1.54, 1.807) is 21.1 Å². The third-order valence-electron chi connectivity index (χ3n) is 2.75. The molecule has 2 aromatic rings. The standard InChI is InChI=1S/C14H14O3.C2H6/c1-9(15)10-4-5-11-7-13(16-2)14(17-3)8-12(11)6-10;1-2/h4-8H,1-3H3;1-2H3. The molecule has 0 saturated heterocycles. The van der Waals surface area contributed by atoms with E-state index in [4.69, 9.17) is 9.47 Å². The monoisotopic (exact) mass is 260 g/mol. The number of carbonyl (C=O) groups is 1. The number of hydrogen-bond acceptors (Lipinski definition) is 3. The van der Waals surface area contributed by atoms with Gasteiger partial charge in [0.15, 0.2) is 17.3 Å². The number of hydrogen-bond donors (Lipinski definition) is 0. The maximum atomic E-state index is 11.3. The first-order chi connectivity index (χ1) is 9.15. The molecule has 0 heterocycles. The highest BCUT2D eigenvalue weighted by atomic mass is 16.5. The Balaban J connectivity index is 0.000000861. The molecule has 0 aliphatic rings. The van der Waals surface area contributed by atoms with Crippen LogP contribution < -0.4 is 9.47 Å². The molecule has 2 rings (SSSR count). The second-order valence-electron chi connectivity index (χ2n) is 3.83. The van der Waals surface area contributed by atoms with Crippen LogP contribution in [0.1, 0.15) is 31.1 Å². The number of ketones is 1. The molecule has 0 unspecified atom stereocenters. The number of carbonyl (C=O) groups excluding carboxylic acids is 1. The maximum Gasteiger partial charge on any atom is 0.161 e. The number of fused-ring (bicyclic) bond motifs is 1. The van der Waals surface area contributed by atoms with Crippen molar-refractivity contribution < 1.29 is 14.3 Å². The number of Topliss-reactive ketones (excluding diaryl/α,β-unsaturated/α-hetero) is 1. The molecule has 0 spiro atoms. The summed E-state index contributed by atoms with van der Waals surface area (Å²) in [7, 11) is 3.20. The minimum atomic E-state index is 0.0571. The summed E-state index contributed by atoms with van der Waals surface area (Å²) in [5, 5.41) is 1.99. The lowest BCUT2D eigenvalue weighted by Gasteiger charge is -2.09. The van der Waals surface area contributed by atoms with Gasteiger partial charge < -0.3 is 9.47 Å². The molecular formula is C16H20O3. The molecule has 0 saturated carbocycles. The van der Waals surface area contributed by atoms with Gasteiger partial charge >= 0.3 is 0 Å². The Morgan fingerprint density at radius 2 is 1.42 bits per heavy atom. The average Bonchev–Trinajstić information content (AvgIpc) is 2.47. The second kappa shape index (κ2) is 6.78. The van der Waals surface area contributed by atoms with Gasteiger partial charge in [0, 0.05) is 5.56 Å². The summed E-state index contributed by atoms with van der Waals surface area (Å²) in [6, 6.07) is 9.36. The fourth-order valence-corrected chi connectivity index (χ4v) is 1.79. The lowest BCUT2D eigenvalue weighted by Crippen LogP contribution is -1.93. The topological polar surface area (TPSA) is 35.5 Å². The van der Waals surface area contributed by atoms with Gasteiger partial charge in [-0.15, -0.1) is 0 Å². The Kier molecular flexibility index (Phi) is 5.37. The largest absolute Gasteiger partial charge is 0.493 e. The maximum absolute atomic E-state index is 11.3.